The van der Waals surface area contributed by atoms with Crippen molar-refractivity contribution < 1.29 is 0 Å². The molecule has 7 aromatic rings. The maximum atomic E-state index is 5.45. The summed E-state index contributed by atoms with van der Waals surface area (Å²) in [5, 5.41) is 5.15. The monoisotopic (exact) mass is 588 g/mol. The van der Waals surface area contributed by atoms with Gasteiger partial charge in [0.1, 0.15) is 5.82 Å². The second-order valence-corrected chi connectivity index (χ2v) is 11.9. The standard InChI is InChI=1S/C44H32N2/c1-3-4-5-14-30(2)46-41-22-13-12-21-40(41)45-44(46)33-26-24-32(25-27-33)42-36-17-8-10-19-38(36)43(39-20-11-9-18-37(39)42)35-28-23-31-15-6-7-16-34(31)29-35/h1,4-22,24-27,29H,23,28H2,2H3/b5-4-,30-14+. The highest BCUT2D eigenvalue weighted by molar-refractivity contribution is 6.19. The first-order valence-electron chi connectivity index (χ1n) is 15.8. The molecule has 6 aromatic carbocycles. The molecule has 0 amide bonds. The average Bonchev–Trinajstić information content (AvgIpc) is 3.50. The van der Waals surface area contributed by atoms with Crippen LogP contribution in [0.3, 0.4) is 0 Å². The van der Waals surface area contributed by atoms with E-state index in [9.17, 15) is 0 Å². The highest BCUT2D eigenvalue weighted by Gasteiger charge is 2.20. The molecule has 8 rings (SSSR count). The lowest BCUT2D eigenvalue weighted by molar-refractivity contribution is 1.00. The maximum Gasteiger partial charge on any atom is 0.145 e. The lowest BCUT2D eigenvalue weighted by atomic mass is 9.82. The van der Waals surface area contributed by atoms with Gasteiger partial charge in [-0.1, -0.05) is 127 Å². The quantitative estimate of drug-likeness (QED) is 0.111. The van der Waals surface area contributed by atoms with Crippen molar-refractivity contribution in [3.8, 4) is 34.9 Å². The fourth-order valence-electron chi connectivity index (χ4n) is 7.09. The van der Waals surface area contributed by atoms with Crippen molar-refractivity contribution in [1.82, 2.24) is 9.55 Å². The molecule has 0 bridgehead atoms. The van der Waals surface area contributed by atoms with Gasteiger partial charge in [0.2, 0.25) is 0 Å². The molecular formula is C44H32N2. The first-order chi connectivity index (χ1) is 22.7. The Labute approximate surface area is 269 Å². The number of para-hydroxylation sites is 2. The number of benzene rings is 6. The average molecular weight is 589 g/mol. The highest BCUT2D eigenvalue weighted by atomic mass is 15.1. The van der Waals surface area contributed by atoms with Crippen LogP contribution >= 0.6 is 0 Å². The number of hydrogen-bond donors (Lipinski definition) is 0. The molecule has 46 heavy (non-hydrogen) atoms. The first kappa shape index (κ1) is 27.6. The van der Waals surface area contributed by atoms with Crippen molar-refractivity contribution in [1.29, 1.82) is 0 Å². The van der Waals surface area contributed by atoms with Crippen molar-refractivity contribution >= 4 is 49.9 Å². The predicted molar refractivity (Wildman–Crippen MR) is 196 cm³/mol. The zero-order chi connectivity index (χ0) is 31.0. The second kappa shape index (κ2) is 11.5. The Morgan fingerprint density at radius 2 is 1.30 bits per heavy atom. The summed E-state index contributed by atoms with van der Waals surface area (Å²) >= 11 is 0. The topological polar surface area (TPSA) is 17.8 Å². The van der Waals surface area contributed by atoms with Crippen molar-refractivity contribution in [2.75, 3.05) is 0 Å². The normalized spacial score (nSPS) is 13.3. The lowest BCUT2D eigenvalue weighted by Crippen LogP contribution is -2.01. The number of allylic oxidation sites excluding steroid dienone is 5. The van der Waals surface area contributed by atoms with E-state index in [0.29, 0.717) is 0 Å². The van der Waals surface area contributed by atoms with Crippen LogP contribution in [0.1, 0.15) is 30.0 Å². The minimum absolute atomic E-state index is 0.908. The Morgan fingerprint density at radius 1 is 0.696 bits per heavy atom. The van der Waals surface area contributed by atoms with Gasteiger partial charge in [-0.25, -0.2) is 4.98 Å². The van der Waals surface area contributed by atoms with Gasteiger partial charge in [0.05, 0.1) is 11.0 Å². The molecule has 0 aliphatic heterocycles. The van der Waals surface area contributed by atoms with Gasteiger partial charge in [-0.05, 0) is 99.0 Å². The number of aryl methyl sites for hydroxylation is 1. The summed E-state index contributed by atoms with van der Waals surface area (Å²) in [7, 11) is 0. The minimum Gasteiger partial charge on any atom is -0.296 e. The second-order valence-electron chi connectivity index (χ2n) is 11.9. The zero-order valence-corrected chi connectivity index (χ0v) is 25.7. The Kier molecular flexibility index (Phi) is 6.93. The van der Waals surface area contributed by atoms with Crippen LogP contribution in [0.5, 0.6) is 0 Å². The van der Waals surface area contributed by atoms with Crippen molar-refractivity contribution in [3.63, 3.8) is 0 Å². The number of nitrogens with zero attached hydrogens (tertiary/aromatic N) is 2. The summed E-state index contributed by atoms with van der Waals surface area (Å²) in [6.45, 7) is 2.09. The van der Waals surface area contributed by atoms with Crippen LogP contribution in [-0.2, 0) is 6.42 Å². The molecule has 0 fully saturated rings. The van der Waals surface area contributed by atoms with E-state index in [1.165, 1.54) is 54.9 Å². The number of aromatic nitrogens is 2. The van der Waals surface area contributed by atoms with Crippen LogP contribution < -0.4 is 0 Å². The molecule has 1 heterocycles. The van der Waals surface area contributed by atoms with Crippen LogP contribution in [0.2, 0.25) is 0 Å². The van der Waals surface area contributed by atoms with Gasteiger partial charge in [-0.2, -0.15) is 0 Å². The summed E-state index contributed by atoms with van der Waals surface area (Å²) in [5.74, 6) is 3.48. The summed E-state index contributed by atoms with van der Waals surface area (Å²) in [5.41, 5.74) is 12.1. The molecule has 0 radical (unpaired) electrons. The summed E-state index contributed by atoms with van der Waals surface area (Å²) in [6.07, 6.45) is 15.6. The van der Waals surface area contributed by atoms with Gasteiger partial charge < -0.3 is 0 Å². The third-order valence-electron chi connectivity index (χ3n) is 9.18. The number of terminal acetylenes is 1. The Bertz CT molecular complexity index is 2370. The van der Waals surface area contributed by atoms with Crippen molar-refractivity contribution in [2.24, 2.45) is 0 Å². The molecule has 0 saturated carbocycles. The van der Waals surface area contributed by atoms with Crippen LogP contribution in [0.25, 0.3) is 72.4 Å². The molecule has 1 aliphatic carbocycles. The maximum absolute atomic E-state index is 5.45. The fraction of sp³-hybridized carbons (Fsp3) is 0.0682. The summed E-state index contributed by atoms with van der Waals surface area (Å²) in [4.78, 5) is 5.07. The van der Waals surface area contributed by atoms with Crippen LogP contribution in [0.4, 0.5) is 0 Å². The smallest absolute Gasteiger partial charge is 0.145 e. The van der Waals surface area contributed by atoms with Gasteiger partial charge in [0.25, 0.3) is 0 Å². The SMILES string of the molecule is C#C/C=C\C=C(/C)n1c(-c2ccc(-c3c4ccccc4c(C4=Cc5ccccc5CC4)c4ccccc34)cc2)nc2ccccc21. The number of imidazole rings is 1. The van der Waals surface area contributed by atoms with Crippen LogP contribution in [0, 0.1) is 12.3 Å². The molecular weight excluding hydrogens is 556 g/mol. The summed E-state index contributed by atoms with van der Waals surface area (Å²) in [6, 6.07) is 43.8. The van der Waals surface area contributed by atoms with Gasteiger partial charge in [0.15, 0.2) is 0 Å². The third kappa shape index (κ3) is 4.66. The van der Waals surface area contributed by atoms with E-state index in [1.54, 1.807) is 6.08 Å². The molecule has 0 unspecified atom stereocenters. The lowest BCUT2D eigenvalue weighted by Gasteiger charge is -2.22. The molecule has 1 aliphatic rings. The molecule has 2 heteroatoms. The van der Waals surface area contributed by atoms with E-state index in [2.05, 4.69) is 139 Å². The van der Waals surface area contributed by atoms with Gasteiger partial charge in [0, 0.05) is 11.3 Å². The van der Waals surface area contributed by atoms with E-state index >= 15 is 0 Å². The molecule has 0 saturated heterocycles. The highest BCUT2D eigenvalue weighted by Crippen LogP contribution is 2.44. The zero-order valence-electron chi connectivity index (χ0n) is 25.7. The third-order valence-corrected chi connectivity index (χ3v) is 9.18. The van der Waals surface area contributed by atoms with Crippen LogP contribution in [0.15, 0.2) is 140 Å². The molecule has 0 spiro atoms. The fourth-order valence-corrected chi connectivity index (χ4v) is 7.09. The van der Waals surface area contributed by atoms with E-state index in [0.717, 1.165) is 41.0 Å². The van der Waals surface area contributed by atoms with Crippen molar-refractivity contribution in [3.05, 3.63) is 156 Å². The van der Waals surface area contributed by atoms with E-state index < -0.39 is 0 Å². The summed E-state index contributed by atoms with van der Waals surface area (Å²) < 4.78 is 2.21. The molecule has 0 atom stereocenters. The Morgan fingerprint density at radius 3 is 2.02 bits per heavy atom. The number of hydrogen-bond acceptors (Lipinski definition) is 1. The molecule has 0 N–H and O–H groups in total. The predicted octanol–water partition coefficient (Wildman–Crippen LogP) is 11.2. The Balaban J connectivity index is 1.30. The van der Waals surface area contributed by atoms with Crippen LogP contribution in [-0.4, -0.2) is 9.55 Å². The largest absolute Gasteiger partial charge is 0.296 e. The van der Waals surface area contributed by atoms with Crippen molar-refractivity contribution in [2.45, 2.75) is 19.8 Å². The van der Waals surface area contributed by atoms with E-state index in [-0.39, 0.29) is 0 Å². The Hall–Kier alpha value is -5.91. The van der Waals surface area contributed by atoms with E-state index in [1.807, 2.05) is 18.2 Å². The first-order valence-corrected chi connectivity index (χ1v) is 15.8. The van der Waals surface area contributed by atoms with Gasteiger partial charge in [-0.3, -0.25) is 4.57 Å². The minimum atomic E-state index is 0.908. The van der Waals surface area contributed by atoms with E-state index in [4.69, 9.17) is 11.4 Å². The molecule has 218 valence electrons. The number of rotatable bonds is 5. The van der Waals surface area contributed by atoms with Gasteiger partial charge >= 0.3 is 0 Å². The van der Waals surface area contributed by atoms with Gasteiger partial charge in [-0.15, -0.1) is 6.42 Å². The number of fused-ring (bicyclic) bond motifs is 4. The molecule has 1 aromatic heterocycles. The molecule has 2 nitrogen and oxygen atoms in total.